The topological polar surface area (TPSA) is 0 Å². The summed E-state index contributed by atoms with van der Waals surface area (Å²) in [6.07, 6.45) is 20.1. The molecule has 9 unspecified atom stereocenters. The number of allylic oxidation sites excluding steroid dienone is 4. The minimum atomic E-state index is 0.350. The van der Waals surface area contributed by atoms with Gasteiger partial charge in [0.1, 0.15) is 0 Å². The van der Waals surface area contributed by atoms with Crippen molar-refractivity contribution >= 4 is 0 Å². The molecular formula is C32H50. The van der Waals surface area contributed by atoms with Crippen molar-refractivity contribution in [2.45, 2.75) is 105 Å². The van der Waals surface area contributed by atoms with Gasteiger partial charge in [0.15, 0.2) is 0 Å². The maximum absolute atomic E-state index is 4.40. The molecule has 0 aromatic heterocycles. The number of fused-ring (bicyclic) bond motifs is 7. The van der Waals surface area contributed by atoms with Crippen LogP contribution in [0.4, 0.5) is 0 Å². The third-order valence-electron chi connectivity index (χ3n) is 12.5. The predicted molar refractivity (Wildman–Crippen MR) is 138 cm³/mol. The van der Waals surface area contributed by atoms with Crippen molar-refractivity contribution < 1.29 is 0 Å². The van der Waals surface area contributed by atoms with Crippen LogP contribution in [0, 0.1) is 57.7 Å². The van der Waals surface area contributed by atoms with E-state index in [1.54, 1.807) is 0 Å². The van der Waals surface area contributed by atoms with Gasteiger partial charge in [0.25, 0.3) is 0 Å². The minimum absolute atomic E-state index is 0.350. The molecule has 0 amide bonds. The zero-order valence-corrected chi connectivity index (χ0v) is 21.9. The standard InChI is InChI=1S/C32H50/c1-8-10-23-13-17-30(6)26(22(23)5)15-18-31(7)27-16-20-32(9-2)19-14-24(21(3)4)29(32)25(27)11-12-28(30)31/h8-9,21-23,25-28H,1-2,10-20H2,3-7H3. The molecule has 4 saturated carbocycles. The molecule has 0 nitrogen and oxygen atoms in total. The number of hydrogen-bond donors (Lipinski definition) is 0. The van der Waals surface area contributed by atoms with Crippen molar-refractivity contribution in [2.24, 2.45) is 57.7 Å². The van der Waals surface area contributed by atoms with E-state index in [9.17, 15) is 0 Å². The van der Waals surface area contributed by atoms with Crippen molar-refractivity contribution in [1.29, 1.82) is 0 Å². The quantitative estimate of drug-likeness (QED) is 0.386. The summed E-state index contributed by atoms with van der Waals surface area (Å²) in [5.74, 6) is 6.09. The maximum Gasteiger partial charge on any atom is 0.00969 e. The van der Waals surface area contributed by atoms with Gasteiger partial charge in [0, 0.05) is 5.41 Å². The highest BCUT2D eigenvalue weighted by Crippen LogP contribution is 2.72. The first-order valence-electron chi connectivity index (χ1n) is 14.2. The van der Waals surface area contributed by atoms with E-state index in [-0.39, 0.29) is 0 Å². The summed E-state index contributed by atoms with van der Waals surface area (Å²) in [4.78, 5) is 0. The van der Waals surface area contributed by atoms with Crippen LogP contribution in [0.1, 0.15) is 105 Å². The fraction of sp³-hybridized carbons (Fsp3) is 0.812. The van der Waals surface area contributed by atoms with Crippen LogP contribution in [-0.2, 0) is 0 Å². The third kappa shape index (κ3) is 2.99. The molecule has 4 fully saturated rings. The molecule has 5 aliphatic rings. The zero-order valence-electron chi connectivity index (χ0n) is 21.9. The minimum Gasteiger partial charge on any atom is -0.103 e. The first kappa shape index (κ1) is 23.0. The Hall–Kier alpha value is -0.780. The average Bonchev–Trinajstić information content (AvgIpc) is 3.16. The molecule has 0 aromatic carbocycles. The molecule has 0 radical (unpaired) electrons. The van der Waals surface area contributed by atoms with Crippen LogP contribution in [0.3, 0.4) is 0 Å². The van der Waals surface area contributed by atoms with Crippen LogP contribution in [0.25, 0.3) is 0 Å². The SMILES string of the molecule is C=CCC1CCC2(C)C(CCC3(C)C4CCC5(C=C)CCC(C(C)C)=C5C4CCC32)C1C. The summed E-state index contributed by atoms with van der Waals surface area (Å²) in [5.41, 5.74) is 5.20. The normalized spacial score (nSPS) is 50.3. The molecule has 0 bridgehead atoms. The molecule has 9 atom stereocenters. The molecule has 178 valence electrons. The summed E-state index contributed by atoms with van der Waals surface area (Å²) < 4.78 is 0. The number of hydrogen-bond acceptors (Lipinski definition) is 0. The Morgan fingerprint density at radius 3 is 2.28 bits per heavy atom. The zero-order chi connectivity index (χ0) is 22.9. The van der Waals surface area contributed by atoms with Gasteiger partial charge >= 0.3 is 0 Å². The van der Waals surface area contributed by atoms with Crippen LogP contribution in [-0.4, -0.2) is 0 Å². The van der Waals surface area contributed by atoms with Gasteiger partial charge in [-0.15, -0.1) is 13.2 Å². The van der Waals surface area contributed by atoms with Gasteiger partial charge in [0.05, 0.1) is 0 Å². The van der Waals surface area contributed by atoms with Gasteiger partial charge in [-0.25, -0.2) is 0 Å². The summed E-state index contributed by atoms with van der Waals surface area (Å²) in [5, 5.41) is 0. The van der Waals surface area contributed by atoms with Crippen molar-refractivity contribution in [3.8, 4) is 0 Å². The summed E-state index contributed by atoms with van der Waals surface area (Å²) >= 11 is 0. The van der Waals surface area contributed by atoms with Crippen molar-refractivity contribution in [3.63, 3.8) is 0 Å². The van der Waals surface area contributed by atoms with Gasteiger partial charge in [0.2, 0.25) is 0 Å². The lowest BCUT2D eigenvalue weighted by Gasteiger charge is -2.67. The fourth-order valence-corrected chi connectivity index (χ4v) is 11.0. The maximum atomic E-state index is 4.40. The summed E-state index contributed by atoms with van der Waals surface area (Å²) in [6, 6.07) is 0. The van der Waals surface area contributed by atoms with Crippen molar-refractivity contribution in [3.05, 3.63) is 36.5 Å². The molecule has 0 aliphatic heterocycles. The summed E-state index contributed by atoms with van der Waals surface area (Å²) in [7, 11) is 0. The second-order valence-corrected chi connectivity index (χ2v) is 13.7. The van der Waals surface area contributed by atoms with E-state index in [1.807, 2.05) is 11.1 Å². The molecule has 32 heavy (non-hydrogen) atoms. The van der Waals surface area contributed by atoms with Crippen molar-refractivity contribution in [2.75, 3.05) is 0 Å². The van der Waals surface area contributed by atoms with Crippen LogP contribution in [0.5, 0.6) is 0 Å². The van der Waals surface area contributed by atoms with E-state index in [2.05, 4.69) is 59.9 Å². The van der Waals surface area contributed by atoms with Gasteiger partial charge in [-0.05, 0) is 123 Å². The molecule has 5 aliphatic carbocycles. The first-order valence-corrected chi connectivity index (χ1v) is 14.2. The van der Waals surface area contributed by atoms with Gasteiger partial charge in [-0.2, -0.15) is 0 Å². The van der Waals surface area contributed by atoms with Gasteiger partial charge < -0.3 is 0 Å². The van der Waals surface area contributed by atoms with Crippen LogP contribution in [0.2, 0.25) is 0 Å². The highest BCUT2D eigenvalue weighted by molar-refractivity contribution is 5.39. The van der Waals surface area contributed by atoms with Crippen molar-refractivity contribution in [1.82, 2.24) is 0 Å². The lowest BCUT2D eigenvalue weighted by molar-refractivity contribution is -0.168. The van der Waals surface area contributed by atoms with E-state index in [4.69, 9.17) is 0 Å². The van der Waals surface area contributed by atoms with E-state index in [0.29, 0.717) is 22.2 Å². The Morgan fingerprint density at radius 1 is 0.906 bits per heavy atom. The molecule has 0 spiro atoms. The first-order chi connectivity index (χ1) is 15.2. The van der Waals surface area contributed by atoms with Crippen LogP contribution >= 0.6 is 0 Å². The lowest BCUT2D eigenvalue weighted by atomic mass is 9.37. The summed E-state index contributed by atoms with van der Waals surface area (Å²) in [6.45, 7) is 21.5. The number of rotatable bonds is 4. The molecule has 0 heteroatoms. The van der Waals surface area contributed by atoms with Crippen LogP contribution in [0.15, 0.2) is 36.5 Å². The Bertz CT molecular complexity index is 799. The van der Waals surface area contributed by atoms with E-state index < -0.39 is 0 Å². The van der Waals surface area contributed by atoms with E-state index in [1.165, 1.54) is 70.6 Å². The monoisotopic (exact) mass is 434 g/mol. The smallest absolute Gasteiger partial charge is 0.00969 e. The Morgan fingerprint density at radius 2 is 1.59 bits per heavy atom. The highest BCUT2D eigenvalue weighted by atomic mass is 14.7. The molecule has 0 aromatic rings. The third-order valence-corrected chi connectivity index (χ3v) is 12.5. The van der Waals surface area contributed by atoms with E-state index in [0.717, 1.165) is 35.5 Å². The highest BCUT2D eigenvalue weighted by Gasteiger charge is 2.63. The molecular weight excluding hydrogens is 384 g/mol. The Balaban J connectivity index is 1.49. The molecule has 5 rings (SSSR count). The lowest BCUT2D eigenvalue weighted by Crippen LogP contribution is -2.59. The van der Waals surface area contributed by atoms with Gasteiger partial charge in [-0.1, -0.05) is 57.9 Å². The van der Waals surface area contributed by atoms with E-state index >= 15 is 0 Å². The second-order valence-electron chi connectivity index (χ2n) is 13.7. The molecule has 0 saturated heterocycles. The second kappa shape index (κ2) is 7.88. The van der Waals surface area contributed by atoms with Crippen LogP contribution < -0.4 is 0 Å². The predicted octanol–water partition coefficient (Wildman–Crippen LogP) is 9.39. The Labute approximate surface area is 199 Å². The fourth-order valence-electron chi connectivity index (χ4n) is 11.0. The largest absolute Gasteiger partial charge is 0.103 e. The molecule has 0 N–H and O–H groups in total. The molecule has 0 heterocycles. The Kier molecular flexibility index (Phi) is 5.66. The average molecular weight is 435 g/mol. The van der Waals surface area contributed by atoms with Gasteiger partial charge in [-0.3, -0.25) is 0 Å².